The summed E-state index contributed by atoms with van der Waals surface area (Å²) in [4.78, 5) is 22.8. The Morgan fingerprint density at radius 2 is 2.03 bits per heavy atom. The Hall–Kier alpha value is -2.31. The van der Waals surface area contributed by atoms with Gasteiger partial charge in [0.25, 0.3) is 5.91 Å². The molecule has 0 bridgehead atoms. The lowest BCUT2D eigenvalue weighted by molar-refractivity contribution is 0.0730. The number of anilines is 2. The van der Waals surface area contributed by atoms with Crippen LogP contribution in [0, 0.1) is 6.92 Å². The summed E-state index contributed by atoms with van der Waals surface area (Å²) in [6.07, 6.45) is 0.663. The molecule has 170 valence electrons. The van der Waals surface area contributed by atoms with Gasteiger partial charge in [0.1, 0.15) is 15.5 Å². The number of halogens is 1. The minimum atomic E-state index is -3.74. The fourth-order valence-corrected chi connectivity index (χ4v) is 6.11. The molecule has 3 aromatic rings. The van der Waals surface area contributed by atoms with E-state index in [2.05, 4.69) is 15.3 Å². The van der Waals surface area contributed by atoms with Crippen molar-refractivity contribution >= 4 is 60.5 Å². The van der Waals surface area contributed by atoms with Crippen molar-refractivity contribution in [3.8, 4) is 0 Å². The molecule has 0 saturated carbocycles. The van der Waals surface area contributed by atoms with Gasteiger partial charge < -0.3 is 15.8 Å². The van der Waals surface area contributed by atoms with Gasteiger partial charge in [-0.3, -0.25) is 4.79 Å². The number of sulfonamides is 1. The fraction of sp³-hybridized carbons (Fsp3) is 0.350. The molecule has 0 spiro atoms. The van der Waals surface area contributed by atoms with Gasteiger partial charge in [0.2, 0.25) is 10.0 Å². The zero-order chi connectivity index (χ0) is 23.0. The van der Waals surface area contributed by atoms with Crippen LogP contribution < -0.4 is 11.1 Å². The fourth-order valence-electron chi connectivity index (χ4n) is 3.45. The number of morpholine rings is 1. The molecule has 3 heterocycles. The van der Waals surface area contributed by atoms with Crippen molar-refractivity contribution in [1.29, 1.82) is 0 Å². The Kier molecular flexibility index (Phi) is 6.37. The zero-order valence-electron chi connectivity index (χ0n) is 17.5. The van der Waals surface area contributed by atoms with Crippen LogP contribution in [0.15, 0.2) is 23.1 Å². The topological polar surface area (TPSA) is 128 Å². The normalized spacial score (nSPS) is 15.2. The summed E-state index contributed by atoms with van der Waals surface area (Å²) in [5.74, 6) is 0.179. The van der Waals surface area contributed by atoms with Crippen molar-refractivity contribution in [3.63, 3.8) is 0 Å². The van der Waals surface area contributed by atoms with Crippen LogP contribution in [0.1, 0.15) is 28.1 Å². The van der Waals surface area contributed by atoms with Crippen molar-refractivity contribution < 1.29 is 17.9 Å². The van der Waals surface area contributed by atoms with Gasteiger partial charge >= 0.3 is 0 Å². The Balaban J connectivity index is 1.66. The molecule has 0 atom stereocenters. The Bertz CT molecular complexity index is 1300. The van der Waals surface area contributed by atoms with Gasteiger partial charge in [-0.25, -0.2) is 18.4 Å². The number of hydrogen-bond acceptors (Lipinski definition) is 8. The Morgan fingerprint density at radius 3 is 2.72 bits per heavy atom. The van der Waals surface area contributed by atoms with Crippen LogP contribution in [0.3, 0.4) is 0 Å². The highest BCUT2D eigenvalue weighted by Crippen LogP contribution is 2.35. The summed E-state index contributed by atoms with van der Waals surface area (Å²) >= 11 is 7.42. The molecule has 1 saturated heterocycles. The second-order valence-electron chi connectivity index (χ2n) is 7.22. The number of nitrogens with two attached hydrogens (primary N) is 1. The van der Waals surface area contributed by atoms with Gasteiger partial charge in [-0.1, -0.05) is 18.5 Å². The molecule has 0 unspecified atom stereocenters. The first-order valence-corrected chi connectivity index (χ1v) is 12.6. The number of carbonyl (C=O) groups is 1. The summed E-state index contributed by atoms with van der Waals surface area (Å²) in [6.45, 7) is 4.99. The number of nitrogens with zero attached hydrogens (tertiary/aromatic N) is 3. The molecular formula is C20H22ClN5O4S2. The quantitative estimate of drug-likeness (QED) is 0.556. The molecular weight excluding hydrogens is 474 g/mol. The monoisotopic (exact) mass is 495 g/mol. The molecule has 32 heavy (non-hydrogen) atoms. The van der Waals surface area contributed by atoms with E-state index in [0.29, 0.717) is 41.4 Å². The summed E-state index contributed by atoms with van der Waals surface area (Å²) in [7, 11) is -3.74. The minimum Gasteiger partial charge on any atom is -0.397 e. The summed E-state index contributed by atoms with van der Waals surface area (Å²) in [5, 5.41) is 3.55. The molecule has 1 aliphatic heterocycles. The molecule has 1 aliphatic rings. The van der Waals surface area contributed by atoms with Crippen LogP contribution in [0.4, 0.5) is 11.4 Å². The number of aryl methyl sites for hydroxylation is 2. The lowest BCUT2D eigenvalue weighted by Crippen LogP contribution is -2.40. The average molecular weight is 496 g/mol. The van der Waals surface area contributed by atoms with Crippen LogP contribution in [0.25, 0.3) is 10.2 Å². The summed E-state index contributed by atoms with van der Waals surface area (Å²) in [5.41, 5.74) is 7.42. The number of hydrogen-bond donors (Lipinski definition) is 2. The first kappa shape index (κ1) is 22.9. The van der Waals surface area contributed by atoms with Gasteiger partial charge in [0, 0.05) is 19.5 Å². The zero-order valence-corrected chi connectivity index (χ0v) is 19.9. The van der Waals surface area contributed by atoms with Crippen LogP contribution in [0.5, 0.6) is 0 Å². The molecule has 4 rings (SSSR count). The number of amides is 1. The highest BCUT2D eigenvalue weighted by molar-refractivity contribution is 7.89. The van der Waals surface area contributed by atoms with Crippen LogP contribution in [0.2, 0.25) is 5.02 Å². The van der Waals surface area contributed by atoms with Gasteiger partial charge in [-0.2, -0.15) is 4.31 Å². The first-order valence-electron chi connectivity index (χ1n) is 9.96. The largest absolute Gasteiger partial charge is 0.397 e. The second-order valence-corrected chi connectivity index (χ2v) is 10.6. The van der Waals surface area contributed by atoms with E-state index in [4.69, 9.17) is 22.1 Å². The number of fused-ring (bicyclic) bond motifs is 1. The van der Waals surface area contributed by atoms with E-state index in [9.17, 15) is 13.2 Å². The molecule has 3 N–H and O–H groups in total. The van der Waals surface area contributed by atoms with Crippen LogP contribution in [-0.4, -0.2) is 54.9 Å². The molecule has 2 aromatic heterocycles. The minimum absolute atomic E-state index is 0.0395. The van der Waals surface area contributed by atoms with Crippen molar-refractivity contribution in [2.75, 3.05) is 37.4 Å². The van der Waals surface area contributed by atoms with Gasteiger partial charge in [0.05, 0.1) is 45.6 Å². The Labute approximate surface area is 194 Å². The number of aromatic nitrogens is 2. The van der Waals surface area contributed by atoms with E-state index in [1.165, 1.54) is 22.5 Å². The number of thiophene rings is 1. The maximum absolute atomic E-state index is 13.0. The van der Waals surface area contributed by atoms with E-state index in [0.717, 1.165) is 11.3 Å². The van der Waals surface area contributed by atoms with Gasteiger partial charge in [-0.05, 0) is 25.1 Å². The molecule has 0 radical (unpaired) electrons. The van der Waals surface area contributed by atoms with E-state index in [1.54, 1.807) is 0 Å². The molecule has 1 fully saturated rings. The van der Waals surface area contributed by atoms with Gasteiger partial charge in [0.15, 0.2) is 0 Å². The SMILES string of the molecule is CCc1nc(C)c2c(N)c(C(=O)Nc3cc(S(=O)(=O)N4CCOCC4)ccc3Cl)sc2n1. The molecule has 12 heteroatoms. The molecule has 1 aromatic carbocycles. The van der Waals surface area contributed by atoms with Crippen molar-refractivity contribution in [3.05, 3.63) is 39.6 Å². The predicted molar refractivity (Wildman–Crippen MR) is 125 cm³/mol. The van der Waals surface area contributed by atoms with Crippen molar-refractivity contribution in [2.45, 2.75) is 25.2 Å². The lowest BCUT2D eigenvalue weighted by Gasteiger charge is -2.26. The van der Waals surface area contributed by atoms with Crippen molar-refractivity contribution in [2.24, 2.45) is 0 Å². The third kappa shape index (κ3) is 4.18. The first-order chi connectivity index (χ1) is 15.2. The number of nitrogen functional groups attached to an aromatic ring is 1. The Morgan fingerprint density at radius 1 is 1.31 bits per heavy atom. The van der Waals surface area contributed by atoms with Crippen LogP contribution >= 0.6 is 22.9 Å². The maximum atomic E-state index is 13.0. The van der Waals surface area contributed by atoms with E-state index in [-0.39, 0.29) is 39.3 Å². The van der Waals surface area contributed by atoms with E-state index < -0.39 is 15.9 Å². The summed E-state index contributed by atoms with van der Waals surface area (Å²) < 4.78 is 32.5. The lowest BCUT2D eigenvalue weighted by atomic mass is 10.2. The number of ether oxygens (including phenoxy) is 1. The smallest absolute Gasteiger partial charge is 0.267 e. The molecule has 1 amide bonds. The molecule has 0 aliphatic carbocycles. The predicted octanol–water partition coefficient (Wildman–Crippen LogP) is 3.07. The third-order valence-corrected chi connectivity index (χ3v) is 8.45. The number of nitrogens with one attached hydrogen (secondary N) is 1. The van der Waals surface area contributed by atoms with Crippen LogP contribution in [-0.2, 0) is 21.2 Å². The van der Waals surface area contributed by atoms with Gasteiger partial charge in [-0.15, -0.1) is 11.3 Å². The number of rotatable bonds is 5. The highest BCUT2D eigenvalue weighted by Gasteiger charge is 2.27. The van der Waals surface area contributed by atoms with E-state index >= 15 is 0 Å². The number of carbonyl (C=O) groups excluding carboxylic acids is 1. The van der Waals surface area contributed by atoms with Crippen molar-refractivity contribution in [1.82, 2.24) is 14.3 Å². The summed E-state index contributed by atoms with van der Waals surface area (Å²) in [6, 6.07) is 4.22. The third-order valence-electron chi connectivity index (χ3n) is 5.13. The number of benzene rings is 1. The second kappa shape index (κ2) is 8.91. The maximum Gasteiger partial charge on any atom is 0.267 e. The standard InChI is InChI=1S/C20H22ClN5O4S2/c1-3-15-23-11(2)16-17(22)18(31-20(16)25-15)19(27)24-14-10-12(4-5-13(14)21)32(28,29)26-6-8-30-9-7-26/h4-5,10H,3,6-9,22H2,1-2H3,(H,24,27). The molecule has 9 nitrogen and oxygen atoms in total. The van der Waals surface area contributed by atoms with E-state index in [1.807, 2.05) is 13.8 Å². The average Bonchev–Trinajstić information content (AvgIpc) is 3.12. The highest BCUT2D eigenvalue weighted by atomic mass is 35.5.